The Bertz CT molecular complexity index is 610. The summed E-state index contributed by atoms with van der Waals surface area (Å²) in [7, 11) is 0. The topological polar surface area (TPSA) is 79.5 Å². The van der Waals surface area contributed by atoms with Gasteiger partial charge in [0.2, 0.25) is 0 Å². The summed E-state index contributed by atoms with van der Waals surface area (Å²) in [6, 6.07) is 3.62. The predicted octanol–water partition coefficient (Wildman–Crippen LogP) is 1.43. The Balaban J connectivity index is 1.77. The molecule has 1 amide bonds. The summed E-state index contributed by atoms with van der Waals surface area (Å²) in [4.78, 5) is 18.7. The summed E-state index contributed by atoms with van der Waals surface area (Å²) in [5.74, 6) is 0.707. The highest BCUT2D eigenvalue weighted by atomic mass is 32.1. The molecule has 0 spiro atoms. The third-order valence-corrected chi connectivity index (χ3v) is 4.31. The molecule has 2 aromatic rings. The fourth-order valence-corrected chi connectivity index (χ4v) is 2.98. The number of nitrogens with zero attached hydrogens (tertiary/aromatic N) is 3. The summed E-state index contributed by atoms with van der Waals surface area (Å²) >= 11 is 1.40. The van der Waals surface area contributed by atoms with Crippen molar-refractivity contribution in [2.45, 2.75) is 25.4 Å². The Morgan fingerprint density at radius 1 is 1.65 bits per heavy atom. The van der Waals surface area contributed by atoms with Gasteiger partial charge in [-0.25, -0.2) is 0 Å². The number of aliphatic hydroxyl groups is 1. The number of rotatable bonds is 3. The SMILES string of the molecule is CCc1noc([C@@]2(O)CCN(C(=O)c3cccs3)C2)n1. The van der Waals surface area contributed by atoms with E-state index >= 15 is 0 Å². The van der Waals surface area contributed by atoms with Crippen LogP contribution in [0.5, 0.6) is 0 Å². The van der Waals surface area contributed by atoms with Crippen LogP contribution in [0, 0.1) is 0 Å². The third-order valence-electron chi connectivity index (χ3n) is 3.45. The van der Waals surface area contributed by atoms with Crippen LogP contribution < -0.4 is 0 Å². The average Bonchev–Trinajstić information content (AvgIpc) is 3.18. The monoisotopic (exact) mass is 293 g/mol. The Kier molecular flexibility index (Phi) is 3.31. The Labute approximate surface area is 120 Å². The van der Waals surface area contributed by atoms with Crippen LogP contribution in [0.2, 0.25) is 0 Å². The molecular formula is C13H15N3O3S. The second kappa shape index (κ2) is 4.99. The van der Waals surface area contributed by atoms with Crippen molar-refractivity contribution in [2.24, 2.45) is 0 Å². The first-order valence-corrected chi connectivity index (χ1v) is 7.38. The maximum absolute atomic E-state index is 12.2. The number of hydrogen-bond donors (Lipinski definition) is 1. The quantitative estimate of drug-likeness (QED) is 0.926. The van der Waals surface area contributed by atoms with Gasteiger partial charge in [0.1, 0.15) is 0 Å². The van der Waals surface area contributed by atoms with Crippen molar-refractivity contribution < 1.29 is 14.4 Å². The Morgan fingerprint density at radius 3 is 3.15 bits per heavy atom. The van der Waals surface area contributed by atoms with Gasteiger partial charge in [-0.05, 0) is 11.4 Å². The summed E-state index contributed by atoms with van der Waals surface area (Å²) in [5.41, 5.74) is -1.23. The van der Waals surface area contributed by atoms with Gasteiger partial charge in [0.15, 0.2) is 11.4 Å². The van der Waals surface area contributed by atoms with Gasteiger partial charge in [-0.1, -0.05) is 18.1 Å². The zero-order valence-corrected chi connectivity index (χ0v) is 11.9. The number of carbonyl (C=O) groups is 1. The lowest BCUT2D eigenvalue weighted by Crippen LogP contribution is -2.34. The third kappa shape index (κ3) is 2.23. The highest BCUT2D eigenvalue weighted by Gasteiger charge is 2.44. The van der Waals surface area contributed by atoms with Crippen molar-refractivity contribution in [3.8, 4) is 0 Å². The van der Waals surface area contributed by atoms with Gasteiger partial charge < -0.3 is 14.5 Å². The van der Waals surface area contributed by atoms with Crippen LogP contribution in [-0.2, 0) is 12.0 Å². The minimum Gasteiger partial charge on any atom is -0.378 e. The minimum absolute atomic E-state index is 0.0637. The number of amides is 1. The first-order chi connectivity index (χ1) is 9.62. The molecule has 3 rings (SSSR count). The minimum atomic E-state index is -1.23. The van der Waals surface area contributed by atoms with Gasteiger partial charge in [0, 0.05) is 19.4 Å². The van der Waals surface area contributed by atoms with Crippen molar-refractivity contribution >= 4 is 17.2 Å². The number of hydrogen-bond acceptors (Lipinski definition) is 6. The van der Waals surface area contributed by atoms with Crippen molar-refractivity contribution in [1.82, 2.24) is 15.0 Å². The van der Waals surface area contributed by atoms with Gasteiger partial charge in [-0.2, -0.15) is 4.98 Å². The molecular weight excluding hydrogens is 278 g/mol. The van der Waals surface area contributed by atoms with Crippen molar-refractivity contribution in [2.75, 3.05) is 13.1 Å². The van der Waals surface area contributed by atoms with Crippen LogP contribution in [0.1, 0.15) is 34.7 Å². The van der Waals surface area contributed by atoms with E-state index in [1.54, 1.807) is 11.0 Å². The van der Waals surface area contributed by atoms with Gasteiger partial charge >= 0.3 is 0 Å². The van der Waals surface area contributed by atoms with Crippen LogP contribution in [0.3, 0.4) is 0 Å². The molecule has 1 aliphatic heterocycles. The normalized spacial score (nSPS) is 22.4. The first kappa shape index (κ1) is 13.3. The second-order valence-corrected chi connectivity index (χ2v) is 5.80. The van der Waals surface area contributed by atoms with E-state index in [9.17, 15) is 9.90 Å². The molecule has 1 atom stereocenters. The summed E-state index contributed by atoms with van der Waals surface area (Å²) in [6.45, 7) is 2.59. The molecule has 6 nitrogen and oxygen atoms in total. The molecule has 1 N–H and O–H groups in total. The molecule has 1 aliphatic rings. The molecule has 20 heavy (non-hydrogen) atoms. The lowest BCUT2D eigenvalue weighted by atomic mass is 10.0. The largest absolute Gasteiger partial charge is 0.378 e. The molecule has 0 saturated carbocycles. The number of β-amino-alcohol motifs (C(OH)–C–C–N with tert-alkyl or cyclic N) is 1. The van der Waals surface area contributed by atoms with E-state index in [0.29, 0.717) is 30.1 Å². The number of carbonyl (C=O) groups excluding carboxylic acids is 1. The molecule has 0 aromatic carbocycles. The number of likely N-dealkylation sites (tertiary alicyclic amines) is 1. The van der Waals surface area contributed by atoms with Crippen LogP contribution >= 0.6 is 11.3 Å². The summed E-state index contributed by atoms with van der Waals surface area (Å²) in [5, 5.41) is 16.3. The molecule has 0 bridgehead atoms. The van der Waals surface area contributed by atoms with Crippen LogP contribution in [0.15, 0.2) is 22.0 Å². The maximum Gasteiger partial charge on any atom is 0.264 e. The molecule has 1 saturated heterocycles. The van der Waals surface area contributed by atoms with Gasteiger partial charge in [0.25, 0.3) is 11.8 Å². The van der Waals surface area contributed by atoms with Crippen LogP contribution in [0.4, 0.5) is 0 Å². The standard InChI is InChI=1S/C13H15N3O3S/c1-2-10-14-12(19-15-10)13(18)5-6-16(8-13)11(17)9-4-3-7-20-9/h3-4,7,18H,2,5-6,8H2,1H3/t13-/m1/s1. The van der Waals surface area contributed by atoms with E-state index in [4.69, 9.17) is 4.52 Å². The highest BCUT2D eigenvalue weighted by molar-refractivity contribution is 7.12. The predicted molar refractivity (Wildman–Crippen MR) is 72.4 cm³/mol. The van der Waals surface area contributed by atoms with Gasteiger partial charge in [-0.3, -0.25) is 4.79 Å². The zero-order chi connectivity index (χ0) is 14.2. The lowest BCUT2D eigenvalue weighted by Gasteiger charge is -2.19. The number of aromatic nitrogens is 2. The van der Waals surface area contributed by atoms with E-state index in [1.807, 2.05) is 18.4 Å². The number of thiophene rings is 1. The average molecular weight is 293 g/mol. The second-order valence-electron chi connectivity index (χ2n) is 4.85. The molecule has 1 fully saturated rings. The number of aryl methyl sites for hydroxylation is 1. The molecule has 0 radical (unpaired) electrons. The zero-order valence-electron chi connectivity index (χ0n) is 11.1. The maximum atomic E-state index is 12.2. The van der Waals surface area contributed by atoms with Gasteiger partial charge in [0.05, 0.1) is 11.4 Å². The molecule has 3 heterocycles. The van der Waals surface area contributed by atoms with Crippen molar-refractivity contribution in [3.63, 3.8) is 0 Å². The van der Waals surface area contributed by atoms with Crippen molar-refractivity contribution in [1.29, 1.82) is 0 Å². The van der Waals surface area contributed by atoms with Gasteiger partial charge in [-0.15, -0.1) is 11.3 Å². The summed E-state index contributed by atoms with van der Waals surface area (Å²) < 4.78 is 5.11. The van der Waals surface area contributed by atoms with Crippen LogP contribution in [-0.4, -0.2) is 39.1 Å². The van der Waals surface area contributed by atoms with Crippen molar-refractivity contribution in [3.05, 3.63) is 34.1 Å². The molecule has 7 heteroatoms. The van der Waals surface area contributed by atoms with E-state index in [2.05, 4.69) is 10.1 Å². The summed E-state index contributed by atoms with van der Waals surface area (Å²) in [6.07, 6.45) is 1.06. The van der Waals surface area contributed by atoms with E-state index in [-0.39, 0.29) is 18.3 Å². The van der Waals surface area contributed by atoms with E-state index in [1.165, 1.54) is 11.3 Å². The fourth-order valence-electron chi connectivity index (χ4n) is 2.28. The highest BCUT2D eigenvalue weighted by Crippen LogP contribution is 2.32. The Morgan fingerprint density at radius 2 is 2.50 bits per heavy atom. The lowest BCUT2D eigenvalue weighted by molar-refractivity contribution is 0.0137. The van der Waals surface area contributed by atoms with Crippen LogP contribution in [0.25, 0.3) is 0 Å². The molecule has 2 aromatic heterocycles. The fraction of sp³-hybridized carbons (Fsp3) is 0.462. The first-order valence-electron chi connectivity index (χ1n) is 6.50. The smallest absolute Gasteiger partial charge is 0.264 e. The molecule has 0 aliphatic carbocycles. The molecule has 0 unspecified atom stereocenters. The van der Waals surface area contributed by atoms with E-state index in [0.717, 1.165) is 0 Å². The Hall–Kier alpha value is -1.73. The van der Waals surface area contributed by atoms with E-state index < -0.39 is 5.60 Å². The molecule has 106 valence electrons.